The van der Waals surface area contributed by atoms with E-state index in [-0.39, 0.29) is 5.56 Å². The van der Waals surface area contributed by atoms with Crippen LogP contribution in [0.1, 0.15) is 32.2 Å². The molecule has 0 unspecified atom stereocenters. The van der Waals surface area contributed by atoms with Crippen LogP contribution in [-0.2, 0) is 0 Å². The number of nitrogens with one attached hydrogen (secondary N) is 2. The fourth-order valence-electron chi connectivity index (χ4n) is 1.76. The molecule has 0 aromatic carbocycles. The minimum Gasteiger partial charge on any atom is -0.364 e. The molecule has 1 aliphatic carbocycles. The highest BCUT2D eigenvalue weighted by molar-refractivity contribution is 5.31. The number of anilines is 1. The molecule has 0 radical (unpaired) electrons. The Morgan fingerprint density at radius 3 is 2.94 bits per heavy atom. The summed E-state index contributed by atoms with van der Waals surface area (Å²) in [6.45, 7) is 4.73. The van der Waals surface area contributed by atoms with Crippen molar-refractivity contribution in [3.63, 3.8) is 0 Å². The lowest BCUT2D eigenvalue weighted by atomic mass is 10.4. The van der Waals surface area contributed by atoms with E-state index in [0.717, 1.165) is 38.9 Å². The van der Waals surface area contributed by atoms with Crippen LogP contribution in [0.5, 0.6) is 0 Å². The van der Waals surface area contributed by atoms with Crippen molar-refractivity contribution >= 4 is 5.82 Å². The summed E-state index contributed by atoms with van der Waals surface area (Å²) in [6.07, 6.45) is 6.82. The summed E-state index contributed by atoms with van der Waals surface area (Å²) in [6, 6.07) is 0.407. The molecular formula is C12H20N4O. The summed E-state index contributed by atoms with van der Waals surface area (Å²) in [7, 11) is 0. The van der Waals surface area contributed by atoms with Gasteiger partial charge in [-0.05, 0) is 25.8 Å². The Bertz CT molecular complexity index is 411. The summed E-state index contributed by atoms with van der Waals surface area (Å²) in [5.74, 6) is 0.470. The molecule has 1 aliphatic rings. The van der Waals surface area contributed by atoms with Gasteiger partial charge in [-0.15, -0.1) is 0 Å². The molecule has 0 bridgehead atoms. The van der Waals surface area contributed by atoms with E-state index in [1.807, 2.05) is 0 Å². The van der Waals surface area contributed by atoms with Gasteiger partial charge >= 0.3 is 0 Å². The highest BCUT2D eigenvalue weighted by atomic mass is 16.1. The van der Waals surface area contributed by atoms with Crippen molar-refractivity contribution in [1.82, 2.24) is 14.9 Å². The second-order valence-electron chi connectivity index (χ2n) is 4.40. The molecule has 1 aromatic rings. The average molecular weight is 236 g/mol. The van der Waals surface area contributed by atoms with E-state index in [9.17, 15) is 4.79 Å². The van der Waals surface area contributed by atoms with Crippen molar-refractivity contribution in [3.8, 4) is 0 Å². The minimum atomic E-state index is 0.00508. The predicted molar refractivity (Wildman–Crippen MR) is 68.4 cm³/mol. The first-order valence-corrected chi connectivity index (χ1v) is 6.34. The van der Waals surface area contributed by atoms with Gasteiger partial charge in [0, 0.05) is 31.5 Å². The molecule has 0 spiro atoms. The Morgan fingerprint density at radius 1 is 1.41 bits per heavy atom. The standard InChI is InChI=1S/C12H20N4O/c1-2-5-13-6-7-14-11-12(17)16(9-8-15-11)10-3-4-10/h8-10,13H,2-7H2,1H3,(H,14,15). The van der Waals surface area contributed by atoms with Crippen LogP contribution in [-0.4, -0.2) is 29.2 Å². The van der Waals surface area contributed by atoms with Gasteiger partial charge < -0.3 is 15.2 Å². The monoisotopic (exact) mass is 236 g/mol. The quantitative estimate of drug-likeness (QED) is 0.693. The molecule has 5 heteroatoms. The summed E-state index contributed by atoms with van der Waals surface area (Å²) < 4.78 is 1.79. The lowest BCUT2D eigenvalue weighted by Crippen LogP contribution is -2.28. The number of aromatic nitrogens is 2. The zero-order valence-electron chi connectivity index (χ0n) is 10.3. The van der Waals surface area contributed by atoms with Crippen LogP contribution < -0.4 is 16.2 Å². The third-order valence-electron chi connectivity index (χ3n) is 2.83. The van der Waals surface area contributed by atoms with Gasteiger partial charge in [0.15, 0.2) is 5.82 Å². The van der Waals surface area contributed by atoms with Gasteiger partial charge in [-0.1, -0.05) is 6.92 Å². The number of hydrogen-bond donors (Lipinski definition) is 2. The summed E-state index contributed by atoms with van der Waals surface area (Å²) in [5.41, 5.74) is 0.00508. The number of rotatable bonds is 7. The Labute approximate surface area is 101 Å². The first kappa shape index (κ1) is 12.1. The first-order valence-electron chi connectivity index (χ1n) is 6.34. The first-order chi connectivity index (χ1) is 8.33. The average Bonchev–Trinajstić information content (AvgIpc) is 3.15. The molecule has 94 valence electrons. The second kappa shape index (κ2) is 5.82. The van der Waals surface area contributed by atoms with E-state index in [1.165, 1.54) is 0 Å². The largest absolute Gasteiger partial charge is 0.364 e. The highest BCUT2D eigenvalue weighted by Gasteiger charge is 2.25. The molecule has 1 saturated carbocycles. The maximum Gasteiger partial charge on any atom is 0.293 e. The lowest BCUT2D eigenvalue weighted by Gasteiger charge is -2.08. The van der Waals surface area contributed by atoms with Crippen molar-refractivity contribution in [3.05, 3.63) is 22.7 Å². The van der Waals surface area contributed by atoms with Gasteiger partial charge in [0.1, 0.15) is 0 Å². The second-order valence-corrected chi connectivity index (χ2v) is 4.40. The summed E-state index contributed by atoms with van der Waals surface area (Å²) in [5, 5.41) is 6.36. The Kier molecular flexibility index (Phi) is 4.14. The molecular weight excluding hydrogens is 216 g/mol. The van der Waals surface area contributed by atoms with Gasteiger partial charge in [0.2, 0.25) is 0 Å². The third-order valence-corrected chi connectivity index (χ3v) is 2.83. The van der Waals surface area contributed by atoms with Crippen LogP contribution in [0.2, 0.25) is 0 Å². The third kappa shape index (κ3) is 3.30. The van der Waals surface area contributed by atoms with Crippen LogP contribution >= 0.6 is 0 Å². The highest BCUT2D eigenvalue weighted by Crippen LogP contribution is 2.33. The van der Waals surface area contributed by atoms with Crippen molar-refractivity contribution in [2.45, 2.75) is 32.2 Å². The van der Waals surface area contributed by atoms with Gasteiger partial charge in [-0.25, -0.2) is 4.98 Å². The normalized spacial score (nSPS) is 14.9. The van der Waals surface area contributed by atoms with Crippen molar-refractivity contribution in [2.24, 2.45) is 0 Å². The van der Waals surface area contributed by atoms with Gasteiger partial charge in [-0.3, -0.25) is 4.79 Å². The molecule has 1 fully saturated rings. The smallest absolute Gasteiger partial charge is 0.293 e. The van der Waals surface area contributed by atoms with E-state index >= 15 is 0 Å². The van der Waals surface area contributed by atoms with E-state index in [0.29, 0.717) is 11.9 Å². The molecule has 0 atom stereocenters. The molecule has 0 amide bonds. The molecule has 0 aliphatic heterocycles. The summed E-state index contributed by atoms with van der Waals surface area (Å²) in [4.78, 5) is 16.1. The maximum atomic E-state index is 12.0. The summed E-state index contributed by atoms with van der Waals surface area (Å²) >= 11 is 0. The van der Waals surface area contributed by atoms with Crippen LogP contribution in [0.4, 0.5) is 5.82 Å². The minimum absolute atomic E-state index is 0.00508. The number of nitrogens with zero attached hydrogens (tertiary/aromatic N) is 2. The molecule has 0 saturated heterocycles. The fourth-order valence-corrected chi connectivity index (χ4v) is 1.76. The Balaban J connectivity index is 1.87. The van der Waals surface area contributed by atoms with Crippen molar-refractivity contribution in [2.75, 3.05) is 25.0 Å². The van der Waals surface area contributed by atoms with Crippen LogP contribution in [0.3, 0.4) is 0 Å². The topological polar surface area (TPSA) is 59.0 Å². The van der Waals surface area contributed by atoms with Crippen LogP contribution in [0, 0.1) is 0 Å². The Hall–Kier alpha value is -1.36. The van der Waals surface area contributed by atoms with Gasteiger partial charge in [-0.2, -0.15) is 0 Å². The van der Waals surface area contributed by atoms with E-state index in [2.05, 4.69) is 22.5 Å². The Morgan fingerprint density at radius 2 is 2.24 bits per heavy atom. The maximum absolute atomic E-state index is 12.0. The van der Waals surface area contributed by atoms with Crippen molar-refractivity contribution < 1.29 is 0 Å². The zero-order valence-corrected chi connectivity index (χ0v) is 10.3. The molecule has 1 heterocycles. The molecule has 17 heavy (non-hydrogen) atoms. The SMILES string of the molecule is CCCNCCNc1nccn(C2CC2)c1=O. The zero-order chi connectivity index (χ0) is 12.1. The van der Waals surface area contributed by atoms with Crippen LogP contribution in [0.15, 0.2) is 17.2 Å². The molecule has 2 rings (SSSR count). The van der Waals surface area contributed by atoms with E-state index in [1.54, 1.807) is 17.0 Å². The molecule has 2 N–H and O–H groups in total. The van der Waals surface area contributed by atoms with Crippen LogP contribution in [0.25, 0.3) is 0 Å². The van der Waals surface area contributed by atoms with Crippen molar-refractivity contribution in [1.29, 1.82) is 0 Å². The van der Waals surface area contributed by atoms with E-state index in [4.69, 9.17) is 0 Å². The number of hydrogen-bond acceptors (Lipinski definition) is 4. The lowest BCUT2D eigenvalue weighted by molar-refractivity contribution is 0.679. The molecule has 5 nitrogen and oxygen atoms in total. The fraction of sp³-hybridized carbons (Fsp3) is 0.667. The molecule has 1 aromatic heterocycles. The van der Waals surface area contributed by atoms with Gasteiger partial charge in [0.05, 0.1) is 0 Å². The predicted octanol–water partition coefficient (Wildman–Crippen LogP) is 0.990. The van der Waals surface area contributed by atoms with E-state index < -0.39 is 0 Å². The van der Waals surface area contributed by atoms with Gasteiger partial charge in [0.25, 0.3) is 5.56 Å².